The molecule has 0 saturated carbocycles. The molecule has 1 amide bonds. The lowest BCUT2D eigenvalue weighted by atomic mass is 10.1. The molecule has 2 rings (SSSR count). The number of hydrogen-bond acceptors (Lipinski definition) is 6. The number of hydrogen-bond donors (Lipinski definition) is 2. The number of phenols is 1. The molecular formula is C18H12ClN3O3S. The van der Waals surface area contributed by atoms with E-state index >= 15 is 0 Å². The number of anilines is 1. The maximum atomic E-state index is 12.3. The van der Waals surface area contributed by atoms with Crippen LogP contribution in [0.2, 0.25) is 5.02 Å². The Balaban J connectivity index is 2.36. The van der Waals surface area contributed by atoms with Gasteiger partial charge in [-0.25, -0.2) is 0 Å². The summed E-state index contributed by atoms with van der Waals surface area (Å²) >= 11 is 6.61. The summed E-state index contributed by atoms with van der Waals surface area (Å²) in [5.41, 5.74) is 0.716. The molecule has 0 unspecified atom stereocenters. The predicted octanol–water partition coefficient (Wildman–Crippen LogP) is 4.17. The zero-order valence-corrected chi connectivity index (χ0v) is 15.1. The van der Waals surface area contributed by atoms with E-state index in [1.807, 2.05) is 11.5 Å². The molecule has 0 aliphatic rings. The van der Waals surface area contributed by atoms with Crippen molar-refractivity contribution in [2.24, 2.45) is 0 Å². The van der Waals surface area contributed by atoms with Crippen molar-refractivity contribution in [2.45, 2.75) is 4.90 Å². The third-order valence-corrected chi connectivity index (χ3v) is 4.05. The summed E-state index contributed by atoms with van der Waals surface area (Å²) in [5.74, 6) is -0.668. The van der Waals surface area contributed by atoms with Gasteiger partial charge >= 0.3 is 0 Å². The lowest BCUT2D eigenvalue weighted by Gasteiger charge is -2.09. The molecule has 0 fully saturated rings. The van der Waals surface area contributed by atoms with Crippen LogP contribution in [0.15, 0.2) is 46.9 Å². The van der Waals surface area contributed by atoms with Gasteiger partial charge in [-0.1, -0.05) is 17.7 Å². The number of halogens is 1. The Morgan fingerprint density at radius 1 is 1.35 bits per heavy atom. The standard InChI is InChI=1S/C18H12ClN3O3S/c1-25-15-6-11(7-16(17(15)23)26-10-21)5-12(9-20)18(24)22-14-4-2-3-13(19)8-14/h2-8,23H,1H3,(H,22,24)/b12-5-. The average Bonchev–Trinajstić information content (AvgIpc) is 2.62. The summed E-state index contributed by atoms with van der Waals surface area (Å²) in [6.45, 7) is 0. The summed E-state index contributed by atoms with van der Waals surface area (Å²) in [4.78, 5) is 12.6. The number of benzene rings is 2. The number of aromatic hydroxyl groups is 1. The van der Waals surface area contributed by atoms with Crippen molar-refractivity contribution in [1.82, 2.24) is 0 Å². The summed E-state index contributed by atoms with van der Waals surface area (Å²) in [7, 11) is 1.36. The molecule has 0 aliphatic heterocycles. The van der Waals surface area contributed by atoms with Crippen LogP contribution < -0.4 is 10.1 Å². The van der Waals surface area contributed by atoms with Gasteiger partial charge in [-0.3, -0.25) is 4.79 Å². The van der Waals surface area contributed by atoms with Crippen LogP contribution in [0.1, 0.15) is 5.56 Å². The number of phenolic OH excluding ortho intramolecular Hbond substituents is 1. The molecule has 0 aromatic heterocycles. The normalized spacial score (nSPS) is 10.5. The van der Waals surface area contributed by atoms with Gasteiger partial charge in [-0.15, -0.1) is 0 Å². The fourth-order valence-corrected chi connectivity index (χ4v) is 2.73. The van der Waals surface area contributed by atoms with Gasteiger partial charge < -0.3 is 15.2 Å². The van der Waals surface area contributed by atoms with Gasteiger partial charge in [0.1, 0.15) is 17.0 Å². The van der Waals surface area contributed by atoms with Crippen LogP contribution in [0.5, 0.6) is 11.5 Å². The Morgan fingerprint density at radius 2 is 2.12 bits per heavy atom. The highest BCUT2D eigenvalue weighted by Crippen LogP contribution is 2.38. The Morgan fingerprint density at radius 3 is 2.73 bits per heavy atom. The Labute approximate surface area is 159 Å². The molecule has 0 radical (unpaired) electrons. The fraction of sp³-hybridized carbons (Fsp3) is 0.0556. The number of thioether (sulfide) groups is 1. The Bertz CT molecular complexity index is 961. The van der Waals surface area contributed by atoms with Gasteiger partial charge in [0.2, 0.25) is 0 Å². The summed E-state index contributed by atoms with van der Waals surface area (Å²) < 4.78 is 5.06. The lowest BCUT2D eigenvalue weighted by Crippen LogP contribution is -2.13. The third kappa shape index (κ3) is 4.70. The van der Waals surface area contributed by atoms with Crippen molar-refractivity contribution in [2.75, 3.05) is 12.4 Å². The number of nitriles is 2. The number of ether oxygens (including phenoxy) is 1. The van der Waals surface area contributed by atoms with E-state index in [1.165, 1.54) is 25.3 Å². The number of nitrogens with one attached hydrogen (secondary N) is 1. The van der Waals surface area contributed by atoms with Crippen molar-refractivity contribution in [3.8, 4) is 23.0 Å². The topological polar surface area (TPSA) is 106 Å². The van der Waals surface area contributed by atoms with Crippen LogP contribution in [0.25, 0.3) is 6.08 Å². The van der Waals surface area contributed by atoms with E-state index in [1.54, 1.807) is 24.3 Å². The van der Waals surface area contributed by atoms with Crippen molar-refractivity contribution in [3.63, 3.8) is 0 Å². The first-order chi connectivity index (χ1) is 12.5. The SMILES string of the molecule is COc1cc(/C=C(/C#N)C(=O)Nc2cccc(Cl)c2)cc(SC#N)c1O. The number of nitrogens with zero attached hydrogens (tertiary/aromatic N) is 2. The van der Waals surface area contributed by atoms with Crippen molar-refractivity contribution >= 4 is 41.0 Å². The number of rotatable bonds is 5. The first kappa shape index (κ1) is 19.2. The lowest BCUT2D eigenvalue weighted by molar-refractivity contribution is -0.112. The number of amides is 1. The highest BCUT2D eigenvalue weighted by molar-refractivity contribution is 8.03. The molecule has 6 nitrogen and oxygen atoms in total. The molecule has 0 atom stereocenters. The highest BCUT2D eigenvalue weighted by atomic mass is 35.5. The van der Waals surface area contributed by atoms with E-state index in [4.69, 9.17) is 21.6 Å². The number of methoxy groups -OCH3 is 1. The van der Waals surface area contributed by atoms with Crippen molar-refractivity contribution in [1.29, 1.82) is 10.5 Å². The van der Waals surface area contributed by atoms with E-state index in [0.29, 0.717) is 16.3 Å². The molecule has 0 aliphatic carbocycles. The minimum Gasteiger partial charge on any atom is -0.503 e. The second-order valence-electron chi connectivity index (χ2n) is 4.90. The summed E-state index contributed by atoms with van der Waals surface area (Å²) in [6, 6.07) is 11.3. The van der Waals surface area contributed by atoms with E-state index in [9.17, 15) is 15.2 Å². The van der Waals surface area contributed by atoms with Gasteiger partial charge in [0.05, 0.1) is 12.0 Å². The smallest absolute Gasteiger partial charge is 0.266 e. The first-order valence-electron chi connectivity index (χ1n) is 7.14. The van der Waals surface area contributed by atoms with Crippen LogP contribution in [-0.4, -0.2) is 18.1 Å². The number of carbonyl (C=O) groups is 1. The third-order valence-electron chi connectivity index (χ3n) is 3.20. The van der Waals surface area contributed by atoms with Gasteiger partial charge in [0.25, 0.3) is 5.91 Å². The summed E-state index contributed by atoms with van der Waals surface area (Å²) in [6.07, 6.45) is 1.34. The van der Waals surface area contributed by atoms with Gasteiger partial charge in [0, 0.05) is 10.7 Å². The number of carbonyl (C=O) groups excluding carboxylic acids is 1. The molecule has 26 heavy (non-hydrogen) atoms. The van der Waals surface area contributed by atoms with Crippen molar-refractivity contribution < 1.29 is 14.6 Å². The highest BCUT2D eigenvalue weighted by Gasteiger charge is 2.14. The Hall–Kier alpha value is -3.13. The molecule has 2 aromatic carbocycles. The fourth-order valence-electron chi connectivity index (χ4n) is 2.05. The van der Waals surface area contributed by atoms with Gasteiger partial charge in [-0.2, -0.15) is 10.5 Å². The monoisotopic (exact) mass is 385 g/mol. The summed E-state index contributed by atoms with van der Waals surface area (Å²) in [5, 5.41) is 33.0. The number of thiocyanates is 1. The van der Waals surface area contributed by atoms with E-state index in [2.05, 4.69) is 5.32 Å². The molecule has 0 saturated heterocycles. The van der Waals surface area contributed by atoms with Crippen LogP contribution in [0, 0.1) is 22.0 Å². The van der Waals surface area contributed by atoms with Crippen LogP contribution in [0.3, 0.4) is 0 Å². The van der Waals surface area contributed by atoms with Crippen LogP contribution >= 0.6 is 23.4 Å². The maximum Gasteiger partial charge on any atom is 0.266 e. The van der Waals surface area contributed by atoms with Gasteiger partial charge in [0.15, 0.2) is 11.5 Å². The van der Waals surface area contributed by atoms with E-state index < -0.39 is 5.91 Å². The van der Waals surface area contributed by atoms with Gasteiger partial charge in [-0.05, 0) is 53.7 Å². The van der Waals surface area contributed by atoms with Crippen LogP contribution in [-0.2, 0) is 4.79 Å². The zero-order valence-electron chi connectivity index (χ0n) is 13.5. The first-order valence-corrected chi connectivity index (χ1v) is 8.33. The molecule has 2 N–H and O–H groups in total. The molecule has 2 aromatic rings. The molecule has 0 heterocycles. The molecule has 8 heteroatoms. The van der Waals surface area contributed by atoms with E-state index in [-0.39, 0.29) is 22.0 Å². The average molecular weight is 386 g/mol. The zero-order chi connectivity index (χ0) is 19.1. The largest absolute Gasteiger partial charge is 0.503 e. The molecule has 0 bridgehead atoms. The minimum absolute atomic E-state index is 0.129. The van der Waals surface area contributed by atoms with Crippen molar-refractivity contribution in [3.05, 3.63) is 52.6 Å². The Kier molecular flexibility index (Phi) is 6.51. The molecule has 0 spiro atoms. The second-order valence-corrected chi connectivity index (χ2v) is 6.16. The van der Waals surface area contributed by atoms with E-state index in [0.717, 1.165) is 11.8 Å². The minimum atomic E-state index is -0.615. The van der Waals surface area contributed by atoms with Crippen LogP contribution in [0.4, 0.5) is 5.69 Å². The second kappa shape index (κ2) is 8.82. The predicted molar refractivity (Wildman–Crippen MR) is 99.8 cm³/mol. The molecule has 130 valence electrons. The quantitative estimate of drug-likeness (QED) is 0.346. The maximum absolute atomic E-state index is 12.3. The molecular weight excluding hydrogens is 374 g/mol.